The smallest absolute Gasteiger partial charge is 0.336 e. The van der Waals surface area contributed by atoms with Gasteiger partial charge in [-0.2, -0.15) is 0 Å². The number of nitrogens with one attached hydrogen (secondary N) is 1. The molecule has 0 bridgehead atoms. The fraction of sp³-hybridized carbons (Fsp3) is 0.857. The Labute approximate surface area is 65.9 Å². The van der Waals surface area contributed by atoms with E-state index in [0.717, 1.165) is 0 Å². The molecule has 1 saturated heterocycles. The monoisotopic (exact) mass is 159 g/mol. The van der Waals surface area contributed by atoms with Crippen LogP contribution in [-0.2, 0) is 14.3 Å². The molecule has 1 heterocycles. The second-order valence-electron chi connectivity index (χ2n) is 2.65. The van der Waals surface area contributed by atoms with Gasteiger partial charge in [-0.25, -0.2) is 4.79 Å². The van der Waals surface area contributed by atoms with Crippen LogP contribution in [0.25, 0.3) is 0 Å². The number of methoxy groups -OCH3 is 1. The fourth-order valence-corrected chi connectivity index (χ4v) is 0.969. The standard InChI is InChI=1S/C7H13NO3/c1-5-4-11-6(3-8-5)7(9)10-2/h5-6,8H,3-4H2,1-2H3/t5-,6?/m0/s1. The molecule has 0 spiro atoms. The Morgan fingerprint density at radius 3 is 2.91 bits per heavy atom. The third-order valence-corrected chi connectivity index (χ3v) is 1.66. The summed E-state index contributed by atoms with van der Waals surface area (Å²) < 4.78 is 9.73. The zero-order valence-corrected chi connectivity index (χ0v) is 6.79. The SMILES string of the molecule is COC(=O)C1CN[C@@H](C)CO1. The second kappa shape index (κ2) is 3.69. The zero-order valence-electron chi connectivity index (χ0n) is 6.79. The van der Waals surface area contributed by atoms with Crippen LogP contribution >= 0.6 is 0 Å². The highest BCUT2D eigenvalue weighted by atomic mass is 16.6. The van der Waals surface area contributed by atoms with Crippen molar-refractivity contribution in [1.82, 2.24) is 5.32 Å². The first-order chi connectivity index (χ1) is 5.24. The molecule has 0 amide bonds. The van der Waals surface area contributed by atoms with Crippen LogP contribution in [0, 0.1) is 0 Å². The number of morpholine rings is 1. The summed E-state index contributed by atoms with van der Waals surface area (Å²) in [5.74, 6) is -0.301. The number of hydrogen-bond donors (Lipinski definition) is 1. The van der Waals surface area contributed by atoms with E-state index in [1.807, 2.05) is 6.92 Å². The van der Waals surface area contributed by atoms with E-state index in [2.05, 4.69) is 10.1 Å². The quantitative estimate of drug-likeness (QED) is 0.526. The third-order valence-electron chi connectivity index (χ3n) is 1.66. The van der Waals surface area contributed by atoms with E-state index < -0.39 is 6.10 Å². The van der Waals surface area contributed by atoms with Crippen molar-refractivity contribution in [2.75, 3.05) is 20.3 Å². The van der Waals surface area contributed by atoms with Gasteiger partial charge >= 0.3 is 5.97 Å². The molecule has 0 saturated carbocycles. The molecule has 0 aromatic carbocycles. The Hall–Kier alpha value is -0.610. The predicted octanol–water partition coefficient (Wildman–Crippen LogP) is -0.464. The Morgan fingerprint density at radius 1 is 1.73 bits per heavy atom. The van der Waals surface area contributed by atoms with E-state index >= 15 is 0 Å². The minimum atomic E-state index is -0.420. The normalized spacial score (nSPS) is 31.5. The fourth-order valence-electron chi connectivity index (χ4n) is 0.969. The average molecular weight is 159 g/mol. The third kappa shape index (κ3) is 2.17. The van der Waals surface area contributed by atoms with Crippen LogP contribution in [0.2, 0.25) is 0 Å². The lowest BCUT2D eigenvalue weighted by molar-refractivity contribution is -0.156. The maximum atomic E-state index is 10.9. The van der Waals surface area contributed by atoms with Gasteiger partial charge < -0.3 is 14.8 Å². The van der Waals surface area contributed by atoms with Crippen molar-refractivity contribution in [2.24, 2.45) is 0 Å². The van der Waals surface area contributed by atoms with Crippen molar-refractivity contribution in [3.63, 3.8) is 0 Å². The zero-order chi connectivity index (χ0) is 8.27. The Balaban J connectivity index is 2.33. The first kappa shape index (κ1) is 8.49. The van der Waals surface area contributed by atoms with Gasteiger partial charge in [0.05, 0.1) is 13.7 Å². The van der Waals surface area contributed by atoms with Crippen LogP contribution in [-0.4, -0.2) is 38.4 Å². The van der Waals surface area contributed by atoms with Crippen LogP contribution in [0.15, 0.2) is 0 Å². The lowest BCUT2D eigenvalue weighted by atomic mass is 10.2. The van der Waals surface area contributed by atoms with Gasteiger partial charge in [0.1, 0.15) is 0 Å². The topological polar surface area (TPSA) is 47.6 Å². The Morgan fingerprint density at radius 2 is 2.45 bits per heavy atom. The molecular weight excluding hydrogens is 146 g/mol. The maximum Gasteiger partial charge on any atom is 0.336 e. The van der Waals surface area contributed by atoms with Crippen LogP contribution in [0.4, 0.5) is 0 Å². The van der Waals surface area contributed by atoms with E-state index in [1.165, 1.54) is 7.11 Å². The highest BCUT2D eigenvalue weighted by molar-refractivity contribution is 5.74. The number of ether oxygens (including phenoxy) is 2. The minimum absolute atomic E-state index is 0.301. The molecule has 64 valence electrons. The van der Waals surface area contributed by atoms with E-state index in [1.54, 1.807) is 0 Å². The molecule has 1 N–H and O–H groups in total. The highest BCUT2D eigenvalue weighted by Gasteiger charge is 2.24. The molecule has 1 aliphatic heterocycles. The first-order valence-electron chi connectivity index (χ1n) is 3.67. The summed E-state index contributed by atoms with van der Waals surface area (Å²) in [5.41, 5.74) is 0. The van der Waals surface area contributed by atoms with Crippen molar-refractivity contribution < 1.29 is 14.3 Å². The number of carbonyl (C=O) groups is 1. The number of carbonyl (C=O) groups excluding carboxylic acids is 1. The number of hydrogen-bond acceptors (Lipinski definition) is 4. The minimum Gasteiger partial charge on any atom is -0.467 e. The molecule has 1 aliphatic rings. The van der Waals surface area contributed by atoms with Crippen LogP contribution in [0.3, 0.4) is 0 Å². The van der Waals surface area contributed by atoms with E-state index in [0.29, 0.717) is 19.2 Å². The van der Waals surface area contributed by atoms with Gasteiger partial charge in [0.25, 0.3) is 0 Å². The van der Waals surface area contributed by atoms with Crippen molar-refractivity contribution in [1.29, 1.82) is 0 Å². The summed E-state index contributed by atoms with van der Waals surface area (Å²) in [6.45, 7) is 3.13. The molecule has 2 atom stereocenters. The molecule has 0 aromatic rings. The molecule has 0 radical (unpaired) electrons. The predicted molar refractivity (Wildman–Crippen MR) is 39.2 cm³/mol. The number of esters is 1. The van der Waals surface area contributed by atoms with E-state index in [9.17, 15) is 4.79 Å². The van der Waals surface area contributed by atoms with Gasteiger partial charge in [0.2, 0.25) is 0 Å². The van der Waals surface area contributed by atoms with Gasteiger partial charge in [-0.3, -0.25) is 0 Å². The molecule has 1 fully saturated rings. The molecule has 1 unspecified atom stereocenters. The molecule has 4 heteroatoms. The van der Waals surface area contributed by atoms with Gasteiger partial charge in [-0.15, -0.1) is 0 Å². The maximum absolute atomic E-state index is 10.9. The van der Waals surface area contributed by atoms with Crippen molar-refractivity contribution >= 4 is 5.97 Å². The Bertz CT molecular complexity index is 141. The van der Waals surface area contributed by atoms with Crippen LogP contribution < -0.4 is 5.32 Å². The summed E-state index contributed by atoms with van der Waals surface area (Å²) in [7, 11) is 1.36. The summed E-state index contributed by atoms with van der Waals surface area (Å²) >= 11 is 0. The Kier molecular flexibility index (Phi) is 2.84. The molecule has 1 rings (SSSR count). The molecule has 11 heavy (non-hydrogen) atoms. The summed E-state index contributed by atoms with van der Waals surface area (Å²) in [4.78, 5) is 10.9. The summed E-state index contributed by atoms with van der Waals surface area (Å²) in [5, 5.41) is 3.12. The summed E-state index contributed by atoms with van der Waals surface area (Å²) in [6, 6.07) is 0.330. The van der Waals surface area contributed by atoms with Crippen molar-refractivity contribution in [3.8, 4) is 0 Å². The highest BCUT2D eigenvalue weighted by Crippen LogP contribution is 2.01. The van der Waals surface area contributed by atoms with E-state index in [-0.39, 0.29) is 5.97 Å². The van der Waals surface area contributed by atoms with E-state index in [4.69, 9.17) is 4.74 Å². The lowest BCUT2D eigenvalue weighted by Crippen LogP contribution is -2.48. The largest absolute Gasteiger partial charge is 0.467 e. The van der Waals surface area contributed by atoms with Crippen LogP contribution in [0.5, 0.6) is 0 Å². The summed E-state index contributed by atoms with van der Waals surface area (Å²) in [6.07, 6.45) is -0.420. The molecule has 0 aromatic heterocycles. The average Bonchev–Trinajstić information content (AvgIpc) is 2.05. The van der Waals surface area contributed by atoms with Crippen molar-refractivity contribution in [3.05, 3.63) is 0 Å². The second-order valence-corrected chi connectivity index (χ2v) is 2.65. The first-order valence-corrected chi connectivity index (χ1v) is 3.67. The molecule has 4 nitrogen and oxygen atoms in total. The number of rotatable bonds is 1. The van der Waals surface area contributed by atoms with Crippen LogP contribution in [0.1, 0.15) is 6.92 Å². The molecular formula is C7H13NO3. The van der Waals surface area contributed by atoms with Gasteiger partial charge in [-0.1, -0.05) is 0 Å². The lowest BCUT2D eigenvalue weighted by Gasteiger charge is -2.26. The van der Waals surface area contributed by atoms with Gasteiger partial charge in [0.15, 0.2) is 6.10 Å². The van der Waals surface area contributed by atoms with Gasteiger partial charge in [-0.05, 0) is 6.92 Å². The van der Waals surface area contributed by atoms with Gasteiger partial charge in [0, 0.05) is 12.6 Å². The van der Waals surface area contributed by atoms with Crippen molar-refractivity contribution in [2.45, 2.75) is 19.1 Å². The molecule has 0 aliphatic carbocycles.